The number of nitrogen functional groups attached to an aromatic ring is 1. The number of hydrogen-bond acceptors (Lipinski definition) is 6. The highest BCUT2D eigenvalue weighted by Crippen LogP contribution is 2.31. The number of amides is 3. The molecule has 0 aromatic carbocycles. The summed E-state index contributed by atoms with van der Waals surface area (Å²) < 4.78 is 3.98. The average molecular weight is 438 g/mol. The molecule has 0 unspecified atom stereocenters. The van der Waals surface area contributed by atoms with Gasteiger partial charge in [0, 0.05) is 11.6 Å². The number of nitrogens with two attached hydrogens (primary N) is 2. The Morgan fingerprint density at radius 3 is 2.37 bits per heavy atom. The maximum Gasteiger partial charge on any atom is 0.270 e. The number of aromatic nitrogens is 1. The maximum atomic E-state index is 13.7. The number of unbranched alkanes of at least 4 members (excludes halogenated alkanes) is 1. The smallest absolute Gasteiger partial charge is 0.270 e. The summed E-state index contributed by atoms with van der Waals surface area (Å²) in [5, 5.41) is 3.04. The van der Waals surface area contributed by atoms with Gasteiger partial charge in [-0.1, -0.05) is 39.0 Å². The number of anilines is 1. The van der Waals surface area contributed by atoms with E-state index in [1.54, 1.807) is 4.90 Å². The molecule has 0 aliphatic heterocycles. The van der Waals surface area contributed by atoms with Crippen LogP contribution in [0, 0.1) is 0 Å². The molecule has 1 aromatic rings. The van der Waals surface area contributed by atoms with Crippen molar-refractivity contribution in [2.24, 2.45) is 5.73 Å². The fourth-order valence-electron chi connectivity index (χ4n) is 3.91. The fraction of sp³-hybridized carbons (Fsp3) is 0.714. The van der Waals surface area contributed by atoms with Crippen LogP contribution in [0.25, 0.3) is 0 Å². The van der Waals surface area contributed by atoms with Crippen molar-refractivity contribution < 1.29 is 14.4 Å². The molecule has 0 radical (unpaired) electrons. The summed E-state index contributed by atoms with van der Waals surface area (Å²) in [5.41, 5.74) is 10.9. The van der Waals surface area contributed by atoms with Crippen molar-refractivity contribution in [3.63, 3.8) is 0 Å². The van der Waals surface area contributed by atoms with Crippen molar-refractivity contribution in [3.8, 4) is 0 Å². The van der Waals surface area contributed by atoms with Gasteiger partial charge in [-0.15, -0.1) is 0 Å². The van der Waals surface area contributed by atoms with E-state index in [-0.39, 0.29) is 34.1 Å². The van der Waals surface area contributed by atoms with Crippen molar-refractivity contribution in [2.45, 2.75) is 96.7 Å². The number of nitrogens with zero attached hydrogens (tertiary/aromatic N) is 2. The number of nitrogens with one attached hydrogen (secondary N) is 1. The van der Waals surface area contributed by atoms with Crippen molar-refractivity contribution in [3.05, 3.63) is 10.6 Å². The summed E-state index contributed by atoms with van der Waals surface area (Å²) in [6.07, 6.45) is 7.16. The van der Waals surface area contributed by atoms with Gasteiger partial charge in [0.05, 0.1) is 5.69 Å². The molecule has 1 atom stereocenters. The van der Waals surface area contributed by atoms with Crippen LogP contribution in [0.15, 0.2) is 0 Å². The molecule has 0 spiro atoms. The monoisotopic (exact) mass is 437 g/mol. The Labute approximate surface area is 182 Å². The van der Waals surface area contributed by atoms with Crippen LogP contribution in [-0.2, 0) is 4.79 Å². The van der Waals surface area contributed by atoms with Crippen molar-refractivity contribution in [1.29, 1.82) is 0 Å². The van der Waals surface area contributed by atoms with E-state index in [0.717, 1.165) is 56.5 Å². The van der Waals surface area contributed by atoms with Gasteiger partial charge in [0.15, 0.2) is 5.69 Å². The van der Waals surface area contributed by atoms with E-state index in [0.29, 0.717) is 6.42 Å². The van der Waals surface area contributed by atoms with E-state index in [2.05, 4.69) is 16.6 Å². The Bertz CT molecular complexity index is 765. The second kappa shape index (κ2) is 10.2. The van der Waals surface area contributed by atoms with E-state index in [4.69, 9.17) is 11.5 Å². The van der Waals surface area contributed by atoms with Crippen LogP contribution in [0.4, 0.5) is 5.69 Å². The topological polar surface area (TPSA) is 131 Å². The van der Waals surface area contributed by atoms with Gasteiger partial charge in [0.1, 0.15) is 10.9 Å². The standard InChI is InChI=1S/C21H35N5O3S/c1-5-6-12-14(19(28)24-21(2,3)4)26(13-10-8-7-9-11-13)20(29)17-15(22)16(18(23)27)25-30-17/h13-14H,5-12,22H2,1-4H3,(H2,23,27)(H,24,28)/t14-/m0/s1. The highest BCUT2D eigenvalue weighted by molar-refractivity contribution is 7.09. The zero-order valence-electron chi connectivity index (χ0n) is 18.5. The molecular weight excluding hydrogens is 402 g/mol. The van der Waals surface area contributed by atoms with E-state index in [1.807, 2.05) is 20.8 Å². The number of primary amides is 1. The highest BCUT2D eigenvalue weighted by atomic mass is 32.1. The highest BCUT2D eigenvalue weighted by Gasteiger charge is 2.38. The number of rotatable bonds is 8. The summed E-state index contributed by atoms with van der Waals surface area (Å²) in [6.45, 7) is 7.84. The van der Waals surface area contributed by atoms with Gasteiger partial charge < -0.3 is 21.7 Å². The summed E-state index contributed by atoms with van der Waals surface area (Å²) >= 11 is 0.872. The zero-order chi connectivity index (χ0) is 22.5. The Morgan fingerprint density at radius 1 is 1.23 bits per heavy atom. The number of carbonyl (C=O) groups is 3. The molecule has 5 N–H and O–H groups in total. The van der Waals surface area contributed by atoms with E-state index < -0.39 is 17.5 Å². The van der Waals surface area contributed by atoms with Crippen LogP contribution in [0.3, 0.4) is 0 Å². The van der Waals surface area contributed by atoms with Gasteiger partial charge in [-0.05, 0) is 51.6 Å². The lowest BCUT2D eigenvalue weighted by Crippen LogP contribution is -2.57. The molecule has 8 nitrogen and oxygen atoms in total. The third kappa shape index (κ3) is 5.93. The molecule has 0 bridgehead atoms. The number of hydrogen-bond donors (Lipinski definition) is 3. The van der Waals surface area contributed by atoms with Crippen LogP contribution in [-0.4, -0.2) is 44.6 Å². The minimum absolute atomic E-state index is 0.00350. The van der Waals surface area contributed by atoms with Crippen molar-refractivity contribution >= 4 is 34.9 Å². The zero-order valence-corrected chi connectivity index (χ0v) is 19.3. The van der Waals surface area contributed by atoms with Gasteiger partial charge >= 0.3 is 0 Å². The molecular formula is C21H35N5O3S. The first-order chi connectivity index (χ1) is 14.1. The third-order valence-electron chi connectivity index (χ3n) is 5.33. The average Bonchev–Trinajstić information content (AvgIpc) is 3.05. The summed E-state index contributed by atoms with van der Waals surface area (Å²) in [5.74, 6) is -1.26. The predicted molar refractivity (Wildman–Crippen MR) is 119 cm³/mol. The SMILES string of the molecule is CCCC[C@@H](C(=O)NC(C)(C)C)N(C(=O)c1snc(C(N)=O)c1N)C1CCCCC1. The van der Waals surface area contributed by atoms with Gasteiger partial charge in [-0.25, -0.2) is 0 Å². The first-order valence-corrected chi connectivity index (χ1v) is 11.5. The van der Waals surface area contributed by atoms with Crippen molar-refractivity contribution in [2.75, 3.05) is 5.73 Å². The van der Waals surface area contributed by atoms with Crippen LogP contribution >= 0.6 is 11.5 Å². The Balaban J connectivity index is 2.46. The van der Waals surface area contributed by atoms with E-state index in [1.165, 1.54) is 0 Å². The van der Waals surface area contributed by atoms with Crippen LogP contribution in [0.2, 0.25) is 0 Å². The van der Waals surface area contributed by atoms with Gasteiger partial charge in [-0.2, -0.15) is 4.37 Å². The minimum atomic E-state index is -0.764. The Kier molecular flexibility index (Phi) is 8.23. The molecule has 30 heavy (non-hydrogen) atoms. The van der Waals surface area contributed by atoms with Crippen LogP contribution in [0.1, 0.15) is 99.2 Å². The molecule has 1 heterocycles. The molecule has 9 heteroatoms. The normalized spacial score (nSPS) is 16.1. The van der Waals surface area contributed by atoms with Crippen molar-refractivity contribution in [1.82, 2.24) is 14.6 Å². The Hall–Kier alpha value is -2.16. The first-order valence-electron chi connectivity index (χ1n) is 10.8. The molecule has 3 amide bonds. The molecule has 2 rings (SSSR count). The Morgan fingerprint density at radius 2 is 1.87 bits per heavy atom. The van der Waals surface area contributed by atoms with Crippen LogP contribution in [0.5, 0.6) is 0 Å². The lowest BCUT2D eigenvalue weighted by molar-refractivity contribution is -0.128. The second-order valence-corrected chi connectivity index (χ2v) is 9.81. The molecule has 1 aliphatic rings. The van der Waals surface area contributed by atoms with E-state index >= 15 is 0 Å². The molecule has 1 aliphatic carbocycles. The summed E-state index contributed by atoms with van der Waals surface area (Å²) in [7, 11) is 0. The lowest BCUT2D eigenvalue weighted by atomic mass is 9.91. The fourth-order valence-corrected chi connectivity index (χ4v) is 4.66. The lowest BCUT2D eigenvalue weighted by Gasteiger charge is -2.40. The third-order valence-corrected chi connectivity index (χ3v) is 6.18. The largest absolute Gasteiger partial charge is 0.395 e. The molecule has 1 aromatic heterocycles. The molecule has 168 valence electrons. The van der Waals surface area contributed by atoms with Crippen LogP contribution < -0.4 is 16.8 Å². The summed E-state index contributed by atoms with van der Waals surface area (Å²) in [4.78, 5) is 40.4. The quantitative estimate of drug-likeness (QED) is 0.575. The number of carbonyl (C=O) groups excluding carboxylic acids is 3. The predicted octanol–water partition coefficient (Wildman–Crippen LogP) is 3.07. The first kappa shape index (κ1) is 24.1. The molecule has 0 saturated heterocycles. The van der Waals surface area contributed by atoms with Gasteiger partial charge in [0.25, 0.3) is 11.8 Å². The maximum absolute atomic E-state index is 13.7. The van der Waals surface area contributed by atoms with Gasteiger partial charge in [-0.3, -0.25) is 14.4 Å². The molecule has 1 saturated carbocycles. The second-order valence-electron chi connectivity index (χ2n) is 9.04. The van der Waals surface area contributed by atoms with Gasteiger partial charge in [0.2, 0.25) is 5.91 Å². The summed E-state index contributed by atoms with van der Waals surface area (Å²) in [6, 6.07) is -0.643. The minimum Gasteiger partial charge on any atom is -0.395 e. The molecule has 1 fully saturated rings. The van der Waals surface area contributed by atoms with E-state index in [9.17, 15) is 14.4 Å².